The van der Waals surface area contributed by atoms with Crippen LogP contribution in [0.3, 0.4) is 0 Å². The summed E-state index contributed by atoms with van der Waals surface area (Å²) in [5.41, 5.74) is 1.18. The van der Waals surface area contributed by atoms with Gasteiger partial charge >= 0.3 is 0 Å². The molecule has 0 aliphatic rings. The number of rotatable bonds is 2. The Morgan fingerprint density at radius 3 is 2.73 bits per heavy atom. The molecule has 0 aliphatic carbocycles. The van der Waals surface area contributed by atoms with Gasteiger partial charge in [-0.3, -0.25) is 4.98 Å². The van der Waals surface area contributed by atoms with Crippen molar-refractivity contribution in [2.45, 2.75) is 13.3 Å². The Labute approximate surface area is 66.5 Å². The summed E-state index contributed by atoms with van der Waals surface area (Å²) in [6, 6.07) is 6.07. The van der Waals surface area contributed by atoms with Crippen molar-refractivity contribution >= 4 is 0 Å². The molecule has 0 N–H and O–H groups in total. The van der Waals surface area contributed by atoms with Crippen molar-refractivity contribution < 1.29 is 0 Å². The first-order valence-corrected chi connectivity index (χ1v) is 3.61. The van der Waals surface area contributed by atoms with E-state index in [-0.39, 0.29) is 5.92 Å². The molecule has 2 nitrogen and oxygen atoms in total. The van der Waals surface area contributed by atoms with Crippen molar-refractivity contribution in [1.82, 2.24) is 4.98 Å². The molecule has 0 radical (unpaired) electrons. The Kier molecular flexibility index (Phi) is 2.62. The van der Waals surface area contributed by atoms with E-state index in [1.165, 1.54) is 5.56 Å². The molecule has 56 valence electrons. The Hall–Kier alpha value is -1.36. The highest BCUT2D eigenvalue weighted by Gasteiger charge is 1.99. The average molecular weight is 146 g/mol. The lowest BCUT2D eigenvalue weighted by molar-refractivity contribution is 0.738. The molecule has 1 aromatic rings. The van der Waals surface area contributed by atoms with Gasteiger partial charge in [0.1, 0.15) is 0 Å². The van der Waals surface area contributed by atoms with E-state index in [1.807, 2.05) is 19.1 Å². The van der Waals surface area contributed by atoms with Gasteiger partial charge in [-0.2, -0.15) is 5.26 Å². The standard InChI is InChI=1S/C9H10N2/c1-8(7-10)6-9-2-4-11-5-3-9/h2-5,8H,6H2,1H3. The first-order chi connectivity index (χ1) is 5.33. The number of hydrogen-bond donors (Lipinski definition) is 0. The normalized spacial score (nSPS) is 12.0. The molecule has 0 amide bonds. The van der Waals surface area contributed by atoms with Gasteiger partial charge < -0.3 is 0 Å². The number of aromatic nitrogens is 1. The molecular formula is C9H10N2. The number of pyridine rings is 1. The van der Waals surface area contributed by atoms with Crippen LogP contribution in [0.1, 0.15) is 12.5 Å². The predicted octanol–water partition coefficient (Wildman–Crippen LogP) is 1.78. The largest absolute Gasteiger partial charge is 0.265 e. The van der Waals surface area contributed by atoms with Gasteiger partial charge in [0.05, 0.1) is 6.07 Å². The Bertz CT molecular complexity index is 248. The lowest BCUT2D eigenvalue weighted by Crippen LogP contribution is -1.95. The molecular weight excluding hydrogens is 136 g/mol. The number of nitrogens with zero attached hydrogens (tertiary/aromatic N) is 2. The Balaban J connectivity index is 2.60. The fourth-order valence-corrected chi connectivity index (χ4v) is 0.918. The second kappa shape index (κ2) is 3.72. The summed E-state index contributed by atoms with van der Waals surface area (Å²) < 4.78 is 0. The van der Waals surface area contributed by atoms with Crippen LogP contribution in [0, 0.1) is 17.2 Å². The summed E-state index contributed by atoms with van der Waals surface area (Å²) in [4.78, 5) is 3.90. The van der Waals surface area contributed by atoms with Crippen LogP contribution in [0.25, 0.3) is 0 Å². The fourth-order valence-electron chi connectivity index (χ4n) is 0.918. The molecule has 1 unspecified atom stereocenters. The lowest BCUT2D eigenvalue weighted by atomic mass is 10.0. The smallest absolute Gasteiger partial charge is 0.0656 e. The zero-order chi connectivity index (χ0) is 8.10. The number of nitriles is 1. The minimum atomic E-state index is 0.0948. The third-order valence-electron chi connectivity index (χ3n) is 1.51. The molecule has 0 aromatic carbocycles. The van der Waals surface area contributed by atoms with Gasteiger partial charge in [0.15, 0.2) is 0 Å². The molecule has 0 spiro atoms. The second-order valence-corrected chi connectivity index (χ2v) is 2.59. The maximum absolute atomic E-state index is 8.53. The third kappa shape index (κ3) is 2.38. The van der Waals surface area contributed by atoms with Gasteiger partial charge in [-0.05, 0) is 31.0 Å². The van der Waals surface area contributed by atoms with Crippen LogP contribution >= 0.6 is 0 Å². The van der Waals surface area contributed by atoms with Crippen LogP contribution in [0.2, 0.25) is 0 Å². The van der Waals surface area contributed by atoms with Gasteiger partial charge in [0, 0.05) is 18.3 Å². The molecule has 2 heteroatoms. The molecule has 11 heavy (non-hydrogen) atoms. The van der Waals surface area contributed by atoms with Crippen molar-refractivity contribution in [2.75, 3.05) is 0 Å². The summed E-state index contributed by atoms with van der Waals surface area (Å²) >= 11 is 0. The summed E-state index contributed by atoms with van der Waals surface area (Å²) in [6.45, 7) is 1.92. The first-order valence-electron chi connectivity index (χ1n) is 3.61. The van der Waals surface area contributed by atoms with Gasteiger partial charge in [-0.1, -0.05) is 0 Å². The van der Waals surface area contributed by atoms with Crippen LogP contribution in [-0.2, 0) is 6.42 Å². The minimum Gasteiger partial charge on any atom is -0.265 e. The van der Waals surface area contributed by atoms with Crippen molar-refractivity contribution in [3.8, 4) is 6.07 Å². The minimum absolute atomic E-state index is 0.0948. The van der Waals surface area contributed by atoms with Crippen LogP contribution < -0.4 is 0 Å². The zero-order valence-corrected chi connectivity index (χ0v) is 6.49. The van der Waals surface area contributed by atoms with Crippen LogP contribution in [-0.4, -0.2) is 4.98 Å². The van der Waals surface area contributed by atoms with E-state index in [1.54, 1.807) is 12.4 Å². The maximum Gasteiger partial charge on any atom is 0.0656 e. The average Bonchev–Trinajstić information content (AvgIpc) is 2.06. The highest BCUT2D eigenvalue weighted by molar-refractivity contribution is 5.11. The summed E-state index contributed by atoms with van der Waals surface area (Å²) in [7, 11) is 0. The molecule has 0 aliphatic heterocycles. The fraction of sp³-hybridized carbons (Fsp3) is 0.333. The Morgan fingerprint density at radius 2 is 2.18 bits per heavy atom. The Morgan fingerprint density at radius 1 is 1.55 bits per heavy atom. The SMILES string of the molecule is CC(C#N)Cc1ccncc1. The summed E-state index contributed by atoms with van der Waals surface area (Å²) in [6.07, 6.45) is 4.32. The van der Waals surface area contributed by atoms with Crippen molar-refractivity contribution in [3.05, 3.63) is 30.1 Å². The monoisotopic (exact) mass is 146 g/mol. The van der Waals surface area contributed by atoms with E-state index in [4.69, 9.17) is 5.26 Å². The predicted molar refractivity (Wildman–Crippen MR) is 42.7 cm³/mol. The highest BCUT2D eigenvalue weighted by atomic mass is 14.6. The van der Waals surface area contributed by atoms with Crippen molar-refractivity contribution in [1.29, 1.82) is 5.26 Å². The van der Waals surface area contributed by atoms with E-state index in [0.717, 1.165) is 6.42 Å². The third-order valence-corrected chi connectivity index (χ3v) is 1.51. The maximum atomic E-state index is 8.53. The van der Waals surface area contributed by atoms with Gasteiger partial charge in [0.25, 0.3) is 0 Å². The highest BCUT2D eigenvalue weighted by Crippen LogP contribution is 2.05. The molecule has 1 rings (SSSR count). The summed E-state index contributed by atoms with van der Waals surface area (Å²) in [5.74, 6) is 0.0948. The topological polar surface area (TPSA) is 36.7 Å². The van der Waals surface area contributed by atoms with E-state index < -0.39 is 0 Å². The first kappa shape index (κ1) is 7.74. The quantitative estimate of drug-likeness (QED) is 0.637. The number of hydrogen-bond acceptors (Lipinski definition) is 2. The van der Waals surface area contributed by atoms with Crippen LogP contribution in [0.4, 0.5) is 0 Å². The van der Waals surface area contributed by atoms with Crippen LogP contribution in [0.15, 0.2) is 24.5 Å². The molecule has 0 bridgehead atoms. The van der Waals surface area contributed by atoms with E-state index >= 15 is 0 Å². The molecule has 0 saturated heterocycles. The molecule has 0 saturated carbocycles. The van der Waals surface area contributed by atoms with E-state index in [2.05, 4.69) is 11.1 Å². The molecule has 1 heterocycles. The van der Waals surface area contributed by atoms with E-state index in [9.17, 15) is 0 Å². The zero-order valence-electron chi connectivity index (χ0n) is 6.49. The van der Waals surface area contributed by atoms with Gasteiger partial charge in [-0.25, -0.2) is 0 Å². The van der Waals surface area contributed by atoms with Gasteiger partial charge in [-0.15, -0.1) is 0 Å². The van der Waals surface area contributed by atoms with Crippen molar-refractivity contribution in [2.24, 2.45) is 5.92 Å². The second-order valence-electron chi connectivity index (χ2n) is 2.59. The molecule has 0 fully saturated rings. The molecule has 1 aromatic heterocycles. The van der Waals surface area contributed by atoms with Gasteiger partial charge in [0.2, 0.25) is 0 Å². The summed E-state index contributed by atoms with van der Waals surface area (Å²) in [5, 5.41) is 8.53. The molecule has 1 atom stereocenters. The van der Waals surface area contributed by atoms with Crippen molar-refractivity contribution in [3.63, 3.8) is 0 Å². The lowest BCUT2D eigenvalue weighted by Gasteiger charge is -2.00. The van der Waals surface area contributed by atoms with E-state index in [0.29, 0.717) is 0 Å². The van der Waals surface area contributed by atoms with Crippen LogP contribution in [0.5, 0.6) is 0 Å².